The van der Waals surface area contributed by atoms with Gasteiger partial charge in [0.25, 0.3) is 0 Å². The zero-order valence-corrected chi connectivity index (χ0v) is 15.7. The number of carbonyl (C=O) groups excluding carboxylic acids is 1. The molecule has 0 atom stereocenters. The largest absolute Gasteiger partial charge is 0.381 e. The highest BCUT2D eigenvalue weighted by molar-refractivity contribution is 5.79. The van der Waals surface area contributed by atoms with Crippen LogP contribution in [0.4, 0.5) is 0 Å². The average Bonchev–Trinajstić information content (AvgIpc) is 2.63. The molecular formula is C19H36N2O3. The van der Waals surface area contributed by atoms with Crippen LogP contribution >= 0.6 is 0 Å². The van der Waals surface area contributed by atoms with Crippen molar-refractivity contribution < 1.29 is 14.3 Å². The first-order valence-electron chi connectivity index (χ1n) is 9.94. The summed E-state index contributed by atoms with van der Waals surface area (Å²) in [4.78, 5) is 17.9. The van der Waals surface area contributed by atoms with Crippen LogP contribution < -0.4 is 0 Å². The molecule has 0 unspecified atom stereocenters. The molecule has 1 amide bonds. The molecule has 2 heterocycles. The van der Waals surface area contributed by atoms with Crippen molar-refractivity contribution >= 4 is 5.91 Å². The summed E-state index contributed by atoms with van der Waals surface area (Å²) in [6, 6.07) is 0.364. The number of hydrogen-bond donors (Lipinski definition) is 0. The number of ether oxygens (including phenoxy) is 2. The smallest absolute Gasteiger partial charge is 0.225 e. The molecule has 2 rings (SSSR count). The molecule has 0 spiro atoms. The zero-order chi connectivity index (χ0) is 17.2. The van der Waals surface area contributed by atoms with Crippen LogP contribution in [0.15, 0.2) is 0 Å². The third kappa shape index (κ3) is 6.01. The van der Waals surface area contributed by atoms with Crippen LogP contribution in [0.25, 0.3) is 0 Å². The monoisotopic (exact) mass is 340 g/mol. The van der Waals surface area contributed by atoms with Gasteiger partial charge in [0.2, 0.25) is 5.91 Å². The fourth-order valence-electron chi connectivity index (χ4n) is 3.87. The Hall–Kier alpha value is -0.650. The van der Waals surface area contributed by atoms with Crippen LogP contribution in [0.1, 0.15) is 52.4 Å². The molecule has 0 saturated carbocycles. The molecule has 140 valence electrons. The van der Waals surface area contributed by atoms with Crippen molar-refractivity contribution in [3.63, 3.8) is 0 Å². The molecule has 0 aliphatic carbocycles. The lowest BCUT2D eigenvalue weighted by Gasteiger charge is -2.38. The van der Waals surface area contributed by atoms with E-state index >= 15 is 0 Å². The Morgan fingerprint density at radius 1 is 1.04 bits per heavy atom. The van der Waals surface area contributed by atoms with Gasteiger partial charge < -0.3 is 14.4 Å². The van der Waals surface area contributed by atoms with Crippen LogP contribution in [0, 0.1) is 5.92 Å². The molecule has 24 heavy (non-hydrogen) atoms. The van der Waals surface area contributed by atoms with Gasteiger partial charge in [0.1, 0.15) is 0 Å². The molecule has 2 fully saturated rings. The molecule has 5 nitrogen and oxygen atoms in total. The molecule has 2 aliphatic heterocycles. The Bertz CT molecular complexity index is 347. The topological polar surface area (TPSA) is 42.0 Å². The molecule has 0 N–H and O–H groups in total. The van der Waals surface area contributed by atoms with E-state index in [0.717, 1.165) is 91.1 Å². The van der Waals surface area contributed by atoms with Crippen molar-refractivity contribution in [3.8, 4) is 0 Å². The molecule has 2 aliphatic rings. The van der Waals surface area contributed by atoms with Gasteiger partial charge in [-0.2, -0.15) is 0 Å². The van der Waals surface area contributed by atoms with E-state index in [1.165, 1.54) is 0 Å². The fourth-order valence-corrected chi connectivity index (χ4v) is 3.87. The van der Waals surface area contributed by atoms with E-state index in [1.807, 2.05) is 0 Å². The standard InChI is InChI=1S/C19H36N2O3/c1-3-5-17(6-4-2)19(22)21(18-7-13-23-14-8-18)10-9-20-11-15-24-16-12-20/h17-18H,3-16H2,1-2H3. The van der Waals surface area contributed by atoms with Gasteiger partial charge in [-0.3, -0.25) is 9.69 Å². The quantitative estimate of drug-likeness (QED) is 0.647. The summed E-state index contributed by atoms with van der Waals surface area (Å²) in [5, 5.41) is 0. The second-order valence-corrected chi connectivity index (χ2v) is 7.10. The Kier molecular flexibility index (Phi) is 9.07. The minimum absolute atomic E-state index is 0.201. The lowest BCUT2D eigenvalue weighted by Crippen LogP contribution is -2.50. The van der Waals surface area contributed by atoms with Crippen LogP contribution in [0.2, 0.25) is 0 Å². The summed E-state index contributed by atoms with van der Waals surface area (Å²) in [6.07, 6.45) is 6.18. The zero-order valence-electron chi connectivity index (χ0n) is 15.7. The van der Waals surface area contributed by atoms with Crippen molar-refractivity contribution in [3.05, 3.63) is 0 Å². The normalized spacial score (nSPS) is 20.5. The van der Waals surface area contributed by atoms with E-state index < -0.39 is 0 Å². The van der Waals surface area contributed by atoms with Crippen LogP contribution in [-0.2, 0) is 14.3 Å². The highest BCUT2D eigenvalue weighted by atomic mass is 16.5. The van der Waals surface area contributed by atoms with Gasteiger partial charge in [0.15, 0.2) is 0 Å². The number of morpholine rings is 1. The Morgan fingerprint density at radius 2 is 1.62 bits per heavy atom. The van der Waals surface area contributed by atoms with Gasteiger partial charge >= 0.3 is 0 Å². The van der Waals surface area contributed by atoms with Gasteiger partial charge in [0, 0.05) is 51.4 Å². The maximum absolute atomic E-state index is 13.2. The number of carbonyl (C=O) groups is 1. The number of hydrogen-bond acceptors (Lipinski definition) is 4. The molecule has 0 aromatic rings. The van der Waals surface area contributed by atoms with E-state index in [0.29, 0.717) is 11.9 Å². The van der Waals surface area contributed by atoms with E-state index in [2.05, 4.69) is 23.6 Å². The Morgan fingerprint density at radius 3 is 2.21 bits per heavy atom. The van der Waals surface area contributed by atoms with Crippen molar-refractivity contribution in [2.24, 2.45) is 5.92 Å². The van der Waals surface area contributed by atoms with Gasteiger partial charge in [-0.15, -0.1) is 0 Å². The highest BCUT2D eigenvalue weighted by Gasteiger charge is 2.30. The van der Waals surface area contributed by atoms with Crippen molar-refractivity contribution in [2.45, 2.75) is 58.4 Å². The van der Waals surface area contributed by atoms with E-state index in [-0.39, 0.29) is 5.92 Å². The molecule has 0 bridgehead atoms. The summed E-state index contributed by atoms with van der Waals surface area (Å²) < 4.78 is 10.9. The second-order valence-electron chi connectivity index (χ2n) is 7.10. The van der Waals surface area contributed by atoms with Gasteiger partial charge in [-0.1, -0.05) is 26.7 Å². The third-order valence-corrected chi connectivity index (χ3v) is 5.30. The molecular weight excluding hydrogens is 304 g/mol. The number of amides is 1. The fraction of sp³-hybridized carbons (Fsp3) is 0.947. The first-order valence-corrected chi connectivity index (χ1v) is 9.94. The average molecular weight is 341 g/mol. The Balaban J connectivity index is 1.98. The summed E-state index contributed by atoms with van der Waals surface area (Å²) >= 11 is 0. The minimum Gasteiger partial charge on any atom is -0.381 e. The van der Waals surface area contributed by atoms with Gasteiger partial charge in [-0.25, -0.2) is 0 Å². The maximum atomic E-state index is 13.2. The maximum Gasteiger partial charge on any atom is 0.225 e. The first-order chi connectivity index (χ1) is 11.8. The van der Waals surface area contributed by atoms with Crippen molar-refractivity contribution in [2.75, 3.05) is 52.6 Å². The molecule has 0 radical (unpaired) electrons. The van der Waals surface area contributed by atoms with Crippen LogP contribution in [0.5, 0.6) is 0 Å². The predicted molar refractivity (Wildman–Crippen MR) is 96.1 cm³/mol. The molecule has 2 saturated heterocycles. The third-order valence-electron chi connectivity index (χ3n) is 5.30. The van der Waals surface area contributed by atoms with Crippen LogP contribution in [0.3, 0.4) is 0 Å². The van der Waals surface area contributed by atoms with E-state index in [1.54, 1.807) is 0 Å². The first kappa shape index (κ1) is 19.7. The highest BCUT2D eigenvalue weighted by Crippen LogP contribution is 2.22. The summed E-state index contributed by atoms with van der Waals surface area (Å²) in [5.41, 5.74) is 0. The van der Waals surface area contributed by atoms with Gasteiger partial charge in [-0.05, 0) is 25.7 Å². The SMILES string of the molecule is CCCC(CCC)C(=O)N(CCN1CCOCC1)C1CCOCC1. The lowest BCUT2D eigenvalue weighted by atomic mass is 9.95. The summed E-state index contributed by atoms with van der Waals surface area (Å²) in [7, 11) is 0. The van der Waals surface area contributed by atoms with E-state index in [4.69, 9.17) is 9.47 Å². The van der Waals surface area contributed by atoms with Gasteiger partial charge in [0.05, 0.1) is 13.2 Å². The minimum atomic E-state index is 0.201. The van der Waals surface area contributed by atoms with Crippen molar-refractivity contribution in [1.82, 2.24) is 9.80 Å². The van der Waals surface area contributed by atoms with Crippen LogP contribution in [-0.4, -0.2) is 74.4 Å². The summed E-state index contributed by atoms with van der Waals surface area (Å²) in [6.45, 7) is 11.4. The lowest BCUT2D eigenvalue weighted by molar-refractivity contribution is -0.140. The molecule has 0 aromatic heterocycles. The number of nitrogens with zero attached hydrogens (tertiary/aromatic N) is 2. The van der Waals surface area contributed by atoms with Crippen molar-refractivity contribution in [1.29, 1.82) is 0 Å². The van der Waals surface area contributed by atoms with E-state index in [9.17, 15) is 4.79 Å². The number of rotatable bonds is 9. The second kappa shape index (κ2) is 11.1. The molecule has 5 heteroatoms. The predicted octanol–water partition coefficient (Wildman–Crippen LogP) is 2.54. The Labute approximate surface area is 147 Å². The molecule has 0 aromatic carbocycles. The summed E-state index contributed by atoms with van der Waals surface area (Å²) in [5.74, 6) is 0.589.